The molecule has 1 aliphatic rings. The highest BCUT2D eigenvalue weighted by Crippen LogP contribution is 2.10. The first-order valence-electron chi connectivity index (χ1n) is 6.33. The van der Waals surface area contributed by atoms with E-state index in [1.54, 1.807) is 12.4 Å². The first-order valence-corrected chi connectivity index (χ1v) is 6.33. The van der Waals surface area contributed by atoms with Gasteiger partial charge in [-0.2, -0.15) is 0 Å². The molecule has 1 aromatic rings. The second-order valence-corrected chi connectivity index (χ2v) is 4.47. The first kappa shape index (κ1) is 12.1. The lowest BCUT2D eigenvalue weighted by molar-refractivity contribution is -0.121. The number of carbonyl (C=O) groups excluding carboxylic acids is 1. The zero-order valence-electron chi connectivity index (χ0n) is 10.0. The molecule has 0 saturated carbocycles. The zero-order valence-corrected chi connectivity index (χ0v) is 10.0. The SMILES string of the molecule is O=C(CCC1CCCN1)NCCc1ncc[nH]1. The average Bonchev–Trinajstić information content (AvgIpc) is 2.99. The van der Waals surface area contributed by atoms with Crippen molar-refractivity contribution in [2.24, 2.45) is 0 Å². The smallest absolute Gasteiger partial charge is 0.220 e. The van der Waals surface area contributed by atoms with E-state index in [-0.39, 0.29) is 5.91 Å². The summed E-state index contributed by atoms with van der Waals surface area (Å²) in [7, 11) is 0. The molecule has 1 aliphatic heterocycles. The number of carbonyl (C=O) groups is 1. The predicted octanol–water partition coefficient (Wildman–Crippen LogP) is 0.601. The van der Waals surface area contributed by atoms with Gasteiger partial charge >= 0.3 is 0 Å². The molecule has 1 saturated heterocycles. The van der Waals surface area contributed by atoms with Gasteiger partial charge in [0.2, 0.25) is 5.91 Å². The molecule has 1 unspecified atom stereocenters. The van der Waals surface area contributed by atoms with Gasteiger partial charge in [0.05, 0.1) is 0 Å². The highest BCUT2D eigenvalue weighted by Gasteiger charge is 2.14. The van der Waals surface area contributed by atoms with Gasteiger partial charge in [0.15, 0.2) is 0 Å². The minimum Gasteiger partial charge on any atom is -0.356 e. The van der Waals surface area contributed by atoms with E-state index in [2.05, 4.69) is 20.6 Å². The Labute approximate surface area is 101 Å². The van der Waals surface area contributed by atoms with Crippen LogP contribution in [0.25, 0.3) is 0 Å². The maximum Gasteiger partial charge on any atom is 0.220 e. The predicted molar refractivity (Wildman–Crippen MR) is 65.6 cm³/mol. The maximum absolute atomic E-state index is 11.6. The van der Waals surface area contributed by atoms with Gasteiger partial charge in [-0.3, -0.25) is 4.79 Å². The Balaban J connectivity index is 1.54. The zero-order chi connectivity index (χ0) is 11.9. The molecule has 5 nitrogen and oxygen atoms in total. The van der Waals surface area contributed by atoms with Crippen LogP contribution in [-0.4, -0.2) is 35.0 Å². The van der Waals surface area contributed by atoms with Crippen molar-refractivity contribution in [2.45, 2.75) is 38.1 Å². The number of hydrogen-bond acceptors (Lipinski definition) is 3. The van der Waals surface area contributed by atoms with Crippen LogP contribution in [0.3, 0.4) is 0 Å². The highest BCUT2D eigenvalue weighted by atomic mass is 16.1. The lowest BCUT2D eigenvalue weighted by Crippen LogP contribution is -2.28. The molecule has 1 amide bonds. The van der Waals surface area contributed by atoms with Gasteiger partial charge in [0, 0.05) is 37.8 Å². The summed E-state index contributed by atoms with van der Waals surface area (Å²) in [5.74, 6) is 1.06. The lowest BCUT2D eigenvalue weighted by Gasteiger charge is -2.09. The Morgan fingerprint density at radius 2 is 2.53 bits per heavy atom. The minimum atomic E-state index is 0.144. The molecule has 2 rings (SSSR count). The van der Waals surface area contributed by atoms with Crippen LogP contribution in [0.5, 0.6) is 0 Å². The van der Waals surface area contributed by atoms with Crippen molar-refractivity contribution >= 4 is 5.91 Å². The molecule has 2 heterocycles. The topological polar surface area (TPSA) is 69.8 Å². The highest BCUT2D eigenvalue weighted by molar-refractivity contribution is 5.75. The van der Waals surface area contributed by atoms with Crippen LogP contribution in [0.2, 0.25) is 0 Å². The number of hydrogen-bond donors (Lipinski definition) is 3. The summed E-state index contributed by atoms with van der Waals surface area (Å²) in [6.07, 6.45) is 8.30. The van der Waals surface area contributed by atoms with Crippen molar-refractivity contribution in [3.8, 4) is 0 Å². The molecule has 1 fully saturated rings. The molecule has 1 atom stereocenters. The molecular weight excluding hydrogens is 216 g/mol. The summed E-state index contributed by atoms with van der Waals surface area (Å²) >= 11 is 0. The van der Waals surface area contributed by atoms with Gasteiger partial charge < -0.3 is 15.6 Å². The van der Waals surface area contributed by atoms with Gasteiger partial charge in [-0.1, -0.05) is 0 Å². The summed E-state index contributed by atoms with van der Waals surface area (Å²) in [4.78, 5) is 18.7. The second-order valence-electron chi connectivity index (χ2n) is 4.47. The normalized spacial score (nSPS) is 19.4. The van der Waals surface area contributed by atoms with Gasteiger partial charge in [-0.15, -0.1) is 0 Å². The molecule has 0 spiro atoms. The number of aromatic nitrogens is 2. The van der Waals surface area contributed by atoms with E-state index in [4.69, 9.17) is 0 Å². The number of imidazole rings is 1. The van der Waals surface area contributed by atoms with Crippen molar-refractivity contribution in [3.63, 3.8) is 0 Å². The number of aromatic amines is 1. The fraction of sp³-hybridized carbons (Fsp3) is 0.667. The van der Waals surface area contributed by atoms with Crippen molar-refractivity contribution < 1.29 is 4.79 Å². The van der Waals surface area contributed by atoms with Crippen LogP contribution in [0.4, 0.5) is 0 Å². The summed E-state index contributed by atoms with van der Waals surface area (Å²) < 4.78 is 0. The van der Waals surface area contributed by atoms with Gasteiger partial charge in [-0.25, -0.2) is 4.98 Å². The van der Waals surface area contributed by atoms with E-state index < -0.39 is 0 Å². The molecular formula is C12H20N4O. The van der Waals surface area contributed by atoms with Gasteiger partial charge in [-0.05, 0) is 25.8 Å². The number of nitrogens with zero attached hydrogens (tertiary/aromatic N) is 1. The quantitative estimate of drug-likeness (QED) is 0.677. The van der Waals surface area contributed by atoms with E-state index in [9.17, 15) is 4.79 Å². The van der Waals surface area contributed by atoms with Crippen LogP contribution >= 0.6 is 0 Å². The van der Waals surface area contributed by atoms with Crippen LogP contribution in [-0.2, 0) is 11.2 Å². The van der Waals surface area contributed by atoms with E-state index >= 15 is 0 Å². The Morgan fingerprint density at radius 3 is 3.24 bits per heavy atom. The van der Waals surface area contributed by atoms with Crippen molar-refractivity contribution in [1.29, 1.82) is 0 Å². The molecule has 0 aromatic carbocycles. The van der Waals surface area contributed by atoms with Crippen LogP contribution < -0.4 is 10.6 Å². The molecule has 0 aliphatic carbocycles. The van der Waals surface area contributed by atoms with Crippen molar-refractivity contribution in [3.05, 3.63) is 18.2 Å². The van der Waals surface area contributed by atoms with Crippen LogP contribution in [0.15, 0.2) is 12.4 Å². The summed E-state index contributed by atoms with van der Waals surface area (Å²) in [6, 6.07) is 0.547. The number of H-pyrrole nitrogens is 1. The summed E-state index contributed by atoms with van der Waals surface area (Å²) in [5.41, 5.74) is 0. The Bertz CT molecular complexity index is 330. The third-order valence-electron chi connectivity index (χ3n) is 3.12. The number of amides is 1. The molecule has 1 aromatic heterocycles. The molecule has 94 valence electrons. The average molecular weight is 236 g/mol. The lowest BCUT2D eigenvalue weighted by atomic mass is 10.1. The molecule has 17 heavy (non-hydrogen) atoms. The largest absolute Gasteiger partial charge is 0.356 e. The molecule has 0 radical (unpaired) electrons. The van der Waals surface area contributed by atoms with E-state index in [1.807, 2.05) is 0 Å². The Hall–Kier alpha value is -1.36. The van der Waals surface area contributed by atoms with Crippen molar-refractivity contribution in [2.75, 3.05) is 13.1 Å². The fourth-order valence-electron chi connectivity index (χ4n) is 2.15. The molecule has 5 heteroatoms. The summed E-state index contributed by atoms with van der Waals surface area (Å²) in [5, 5.41) is 6.31. The van der Waals surface area contributed by atoms with E-state index in [0.717, 1.165) is 25.2 Å². The number of nitrogens with one attached hydrogen (secondary N) is 3. The molecule has 3 N–H and O–H groups in total. The van der Waals surface area contributed by atoms with Crippen LogP contribution in [0.1, 0.15) is 31.5 Å². The monoisotopic (exact) mass is 236 g/mol. The third-order valence-corrected chi connectivity index (χ3v) is 3.12. The number of rotatable bonds is 6. The van der Waals surface area contributed by atoms with E-state index in [0.29, 0.717) is 19.0 Å². The second kappa shape index (κ2) is 6.39. The van der Waals surface area contributed by atoms with Crippen LogP contribution in [0, 0.1) is 0 Å². The van der Waals surface area contributed by atoms with Crippen molar-refractivity contribution in [1.82, 2.24) is 20.6 Å². The standard InChI is InChI=1S/C12H20N4O/c17-12(4-3-10-2-1-6-13-10)16-7-5-11-14-8-9-15-11/h8-10,13H,1-7H2,(H,14,15)(H,16,17). The Morgan fingerprint density at radius 1 is 1.59 bits per heavy atom. The minimum absolute atomic E-state index is 0.144. The molecule has 0 bridgehead atoms. The van der Waals surface area contributed by atoms with Gasteiger partial charge in [0.25, 0.3) is 0 Å². The Kier molecular flexibility index (Phi) is 4.55. The maximum atomic E-state index is 11.6. The van der Waals surface area contributed by atoms with Gasteiger partial charge in [0.1, 0.15) is 5.82 Å². The van der Waals surface area contributed by atoms with E-state index in [1.165, 1.54) is 12.8 Å². The fourth-order valence-corrected chi connectivity index (χ4v) is 2.15. The first-order chi connectivity index (χ1) is 8.34. The summed E-state index contributed by atoms with van der Waals surface area (Å²) in [6.45, 7) is 1.76. The third kappa shape index (κ3) is 4.19.